The van der Waals surface area contributed by atoms with Crippen molar-refractivity contribution in [2.24, 2.45) is 28.6 Å². The van der Waals surface area contributed by atoms with Gasteiger partial charge in [-0.2, -0.15) is 0 Å². The molecular weight excluding hydrogens is 507 g/mol. The summed E-state index contributed by atoms with van der Waals surface area (Å²) in [5, 5.41) is 0.161. The first-order chi connectivity index (χ1) is 15.7. The van der Waals surface area contributed by atoms with Crippen LogP contribution in [0, 0.1) is 28.6 Å². The molecule has 4 nitrogen and oxygen atoms in total. The Hall–Kier alpha value is -0.944. The molecule has 3 fully saturated rings. The first kappa shape index (κ1) is 26.1. The summed E-state index contributed by atoms with van der Waals surface area (Å²) in [6.07, 6.45) is 3.86. The van der Waals surface area contributed by atoms with E-state index in [0.29, 0.717) is 12.5 Å². The van der Waals surface area contributed by atoms with Gasteiger partial charge in [0.1, 0.15) is 0 Å². The number of hydrogen-bond donors (Lipinski definition) is 0. The van der Waals surface area contributed by atoms with E-state index < -0.39 is 12.6 Å². The zero-order valence-electron chi connectivity index (χ0n) is 22.2. The van der Waals surface area contributed by atoms with E-state index in [1.54, 1.807) is 0 Å². The molecule has 0 amide bonds. The number of ketones is 1. The Morgan fingerprint density at radius 1 is 1.15 bits per heavy atom. The molecule has 0 aliphatic heterocycles. The molecule has 4 rings (SSSR count). The molecule has 0 radical (unpaired) electrons. The van der Waals surface area contributed by atoms with Gasteiger partial charge in [0.2, 0.25) is 0 Å². The van der Waals surface area contributed by atoms with Gasteiger partial charge in [-0.3, -0.25) is 0 Å². The molecule has 0 aromatic heterocycles. The summed E-state index contributed by atoms with van der Waals surface area (Å²) in [6, 6.07) is 10.1. The van der Waals surface area contributed by atoms with E-state index in [4.69, 9.17) is 9.16 Å². The number of carbonyl (C=O) groups excluding carboxylic acids is 2. The zero-order chi connectivity index (χ0) is 25.2. The minimum atomic E-state index is -1.88. The molecule has 0 saturated heterocycles. The molecule has 0 bridgehead atoms. The average molecular weight is 550 g/mol. The predicted octanol–water partition coefficient (Wildman–Crippen LogP) is 5.40. The van der Waals surface area contributed by atoms with Gasteiger partial charge >= 0.3 is 214 Å². The monoisotopic (exact) mass is 550 g/mol. The van der Waals surface area contributed by atoms with Crippen molar-refractivity contribution in [1.29, 1.82) is 0 Å². The van der Waals surface area contributed by atoms with Gasteiger partial charge in [-0.15, -0.1) is 0 Å². The molecule has 34 heavy (non-hydrogen) atoms. The second-order valence-electron chi connectivity index (χ2n) is 13.1. The Kier molecular flexibility index (Phi) is 6.59. The summed E-state index contributed by atoms with van der Waals surface area (Å²) in [5.74, 6) is 0.175. The van der Waals surface area contributed by atoms with E-state index in [1.165, 1.54) is 7.11 Å². The van der Waals surface area contributed by atoms with Crippen molar-refractivity contribution < 1.29 is 18.8 Å². The Morgan fingerprint density at radius 3 is 2.32 bits per heavy atom. The van der Waals surface area contributed by atoms with Crippen molar-refractivity contribution in [2.75, 3.05) is 13.7 Å². The van der Waals surface area contributed by atoms with Gasteiger partial charge < -0.3 is 0 Å². The van der Waals surface area contributed by atoms with Gasteiger partial charge in [-0.1, -0.05) is 0 Å². The van der Waals surface area contributed by atoms with Crippen LogP contribution in [0.25, 0.3) is 0 Å². The van der Waals surface area contributed by atoms with Crippen LogP contribution in [0.3, 0.4) is 0 Å². The summed E-state index contributed by atoms with van der Waals surface area (Å²) in [4.78, 5) is 27.9. The molecule has 3 aliphatic rings. The number of methoxy groups -OCH3 is 1. The van der Waals surface area contributed by atoms with E-state index in [2.05, 4.69) is 59.8 Å². The van der Waals surface area contributed by atoms with Crippen molar-refractivity contribution in [1.82, 2.24) is 0 Å². The summed E-state index contributed by atoms with van der Waals surface area (Å²) >= 11 is -0.299. The molecule has 0 unspecified atom stereocenters. The van der Waals surface area contributed by atoms with Crippen LogP contribution >= 0.6 is 0 Å². The fraction of sp³-hybridized carbons (Fsp3) is 0.714. The zero-order valence-corrected chi connectivity index (χ0v) is 24.9. The van der Waals surface area contributed by atoms with Crippen LogP contribution in [0.15, 0.2) is 30.3 Å². The van der Waals surface area contributed by atoms with Gasteiger partial charge in [-0.25, -0.2) is 0 Å². The first-order valence-electron chi connectivity index (χ1n) is 12.7. The molecule has 188 valence electrons. The molecule has 6 atom stereocenters. The molecule has 0 heterocycles. The Labute approximate surface area is 213 Å². The second kappa shape index (κ2) is 8.57. The molecule has 1 aromatic rings. The van der Waals surface area contributed by atoms with E-state index >= 15 is 0 Å². The molecule has 1 aromatic carbocycles. The van der Waals surface area contributed by atoms with Crippen molar-refractivity contribution in [3.63, 3.8) is 0 Å². The Bertz CT molecular complexity index is 957. The molecule has 0 N–H and O–H groups in total. The fourth-order valence-electron chi connectivity index (χ4n) is 6.62. The summed E-state index contributed by atoms with van der Waals surface area (Å²) < 4.78 is 12.2. The van der Waals surface area contributed by atoms with Crippen LogP contribution < -0.4 is 4.46 Å². The normalized spacial score (nSPS) is 37.5. The van der Waals surface area contributed by atoms with Crippen molar-refractivity contribution in [2.45, 2.75) is 82.7 Å². The van der Waals surface area contributed by atoms with E-state index in [-0.39, 0.29) is 54.4 Å². The van der Waals surface area contributed by atoms with Gasteiger partial charge in [0, 0.05) is 0 Å². The summed E-state index contributed by atoms with van der Waals surface area (Å²) in [5.41, 5.74) is -0.0202. The number of ether oxygens (including phenoxy) is 1. The Balaban J connectivity index is 1.67. The van der Waals surface area contributed by atoms with Crippen LogP contribution in [-0.4, -0.2) is 48.7 Å². The molecule has 6 heteroatoms. The summed E-state index contributed by atoms with van der Waals surface area (Å²) in [7, 11) is -0.429. The molecule has 3 saturated carbocycles. The number of hydrogen-bond acceptors (Lipinski definition) is 4. The van der Waals surface area contributed by atoms with Crippen LogP contribution in [0.5, 0.6) is 0 Å². The van der Waals surface area contributed by atoms with Crippen molar-refractivity contribution in [3.05, 3.63) is 30.3 Å². The van der Waals surface area contributed by atoms with E-state index in [1.807, 2.05) is 18.2 Å². The van der Waals surface area contributed by atoms with Crippen molar-refractivity contribution in [3.8, 4) is 0 Å². The van der Waals surface area contributed by atoms with Gasteiger partial charge in [-0.05, 0) is 0 Å². The maximum absolute atomic E-state index is 14.4. The Morgan fingerprint density at radius 2 is 1.79 bits per heavy atom. The van der Waals surface area contributed by atoms with Crippen LogP contribution in [0.2, 0.25) is 22.4 Å². The fourth-order valence-corrected chi connectivity index (χ4v) is 11.1. The van der Waals surface area contributed by atoms with Gasteiger partial charge in [0.05, 0.1) is 0 Å². The SMILES string of the molecule is COC(=O)[C@@]1([Se]c2ccccc2)C(=O)[C@@H]2C[C@](C)(CO[Si](C)(C)C(C)(C)C)C[C@@H]2[C@@]2(C)CC[C@@H]12. The van der Waals surface area contributed by atoms with Gasteiger partial charge in [0.15, 0.2) is 0 Å². The number of carbonyl (C=O) groups is 2. The average Bonchev–Trinajstić information content (AvgIpc) is 3.12. The van der Waals surface area contributed by atoms with E-state index in [0.717, 1.165) is 30.1 Å². The van der Waals surface area contributed by atoms with Crippen LogP contribution in [0.1, 0.15) is 60.3 Å². The molecule has 0 spiro atoms. The maximum atomic E-state index is 14.4. The molecular formula is C28H42O4SeSi. The van der Waals surface area contributed by atoms with Crippen LogP contribution in [-0.2, 0) is 18.8 Å². The minimum absolute atomic E-state index is 0.0119. The second-order valence-corrected chi connectivity index (χ2v) is 20.7. The molecule has 3 aliphatic carbocycles. The van der Waals surface area contributed by atoms with Gasteiger partial charge in [0.25, 0.3) is 0 Å². The van der Waals surface area contributed by atoms with E-state index in [9.17, 15) is 9.59 Å². The van der Waals surface area contributed by atoms with Crippen LogP contribution in [0.4, 0.5) is 0 Å². The topological polar surface area (TPSA) is 52.6 Å². The number of benzene rings is 1. The quantitative estimate of drug-likeness (QED) is 0.271. The summed E-state index contributed by atoms with van der Waals surface area (Å²) in [6.45, 7) is 16.8. The number of esters is 1. The number of fused-ring (bicyclic) bond motifs is 3. The van der Waals surface area contributed by atoms with Crippen molar-refractivity contribution >= 4 is 39.5 Å². The third-order valence-corrected chi connectivity index (χ3v) is 17.4. The standard InChI is InChI=1S/C28H42O4SeSi/c1-25(2,3)34(7,8)32-18-26(4)16-20-21(17-26)27(5)15-14-22(27)28(23(20)29,24(30)31-6)33-19-12-10-9-11-13-19/h9-13,20-22H,14-18H2,1-8H3/t20-,21+,22-,26+,27-,28+/m1/s1. The first-order valence-corrected chi connectivity index (χ1v) is 17.3. The number of Topliss-reactive ketones (excluding diaryl/α,β-unsaturated/α-hetero) is 1. The third kappa shape index (κ3) is 3.97. The predicted molar refractivity (Wildman–Crippen MR) is 140 cm³/mol. The third-order valence-electron chi connectivity index (χ3n) is 9.82. The number of rotatable bonds is 6.